The van der Waals surface area contributed by atoms with Crippen molar-refractivity contribution in [3.63, 3.8) is 0 Å². The van der Waals surface area contributed by atoms with Crippen LogP contribution in [-0.2, 0) is 6.54 Å². The van der Waals surface area contributed by atoms with E-state index in [2.05, 4.69) is 66.5 Å². The maximum absolute atomic E-state index is 4.50. The molecular weight excluding hydrogens is 228 g/mol. The Hall–Kier alpha value is -1.19. The maximum Gasteiger partial charge on any atom is 0.0897 e. The molecule has 3 heteroatoms. The van der Waals surface area contributed by atoms with E-state index in [1.807, 2.05) is 0 Å². The first kappa shape index (κ1) is 12.3. The summed E-state index contributed by atoms with van der Waals surface area (Å²) in [4.78, 5) is 6.83. The zero-order valence-corrected chi connectivity index (χ0v) is 11.4. The van der Waals surface area contributed by atoms with Gasteiger partial charge >= 0.3 is 0 Å². The molecular formula is C14H18N2S. The minimum absolute atomic E-state index is 0.415. The predicted octanol–water partition coefficient (Wildman–Crippen LogP) is 3.64. The Morgan fingerprint density at radius 2 is 2.00 bits per heavy atom. The molecule has 1 aromatic carbocycles. The number of aryl methyl sites for hydroxylation is 1. The van der Waals surface area contributed by atoms with Crippen LogP contribution in [0, 0.1) is 6.92 Å². The molecule has 1 aromatic heterocycles. The lowest BCUT2D eigenvalue weighted by atomic mass is 10.1. The van der Waals surface area contributed by atoms with Gasteiger partial charge in [0, 0.05) is 18.0 Å². The van der Waals surface area contributed by atoms with Crippen LogP contribution in [0.3, 0.4) is 0 Å². The van der Waals surface area contributed by atoms with E-state index in [-0.39, 0.29) is 0 Å². The van der Waals surface area contributed by atoms with Crippen LogP contribution in [0.25, 0.3) is 0 Å². The van der Waals surface area contributed by atoms with E-state index in [0.717, 1.165) is 17.2 Å². The number of hydrogen-bond donors (Lipinski definition) is 0. The third-order valence-electron chi connectivity index (χ3n) is 3.02. The topological polar surface area (TPSA) is 16.1 Å². The number of rotatable bonds is 4. The van der Waals surface area contributed by atoms with Gasteiger partial charge in [-0.3, -0.25) is 4.90 Å². The third-order valence-corrected chi connectivity index (χ3v) is 3.84. The lowest BCUT2D eigenvalue weighted by Gasteiger charge is -2.24. The van der Waals surface area contributed by atoms with Crippen molar-refractivity contribution in [2.45, 2.75) is 26.4 Å². The number of benzene rings is 1. The maximum atomic E-state index is 4.50. The van der Waals surface area contributed by atoms with Crippen molar-refractivity contribution >= 4 is 11.3 Å². The first-order chi connectivity index (χ1) is 8.16. The van der Waals surface area contributed by atoms with Gasteiger partial charge in [0.25, 0.3) is 0 Å². The Labute approximate surface area is 107 Å². The van der Waals surface area contributed by atoms with E-state index >= 15 is 0 Å². The Morgan fingerprint density at radius 1 is 1.29 bits per heavy atom. The van der Waals surface area contributed by atoms with Crippen molar-refractivity contribution in [1.82, 2.24) is 9.88 Å². The molecule has 0 radical (unpaired) electrons. The molecule has 0 aliphatic rings. The Morgan fingerprint density at radius 3 is 2.59 bits per heavy atom. The summed E-state index contributed by atoms with van der Waals surface area (Å²) < 4.78 is 0. The molecule has 1 heterocycles. The normalized spacial score (nSPS) is 12.9. The minimum atomic E-state index is 0.415. The predicted molar refractivity (Wildman–Crippen MR) is 73.2 cm³/mol. The molecule has 2 nitrogen and oxygen atoms in total. The summed E-state index contributed by atoms with van der Waals surface area (Å²) in [5.74, 6) is 0. The van der Waals surface area contributed by atoms with E-state index in [4.69, 9.17) is 0 Å². The molecule has 2 rings (SSSR count). The van der Waals surface area contributed by atoms with Crippen LogP contribution in [0.4, 0.5) is 0 Å². The molecule has 0 fully saturated rings. The number of aromatic nitrogens is 1. The van der Waals surface area contributed by atoms with Crippen LogP contribution in [0.1, 0.15) is 29.2 Å². The van der Waals surface area contributed by atoms with Crippen molar-refractivity contribution in [3.8, 4) is 0 Å². The highest BCUT2D eigenvalue weighted by Gasteiger charge is 2.12. The molecule has 1 atom stereocenters. The van der Waals surface area contributed by atoms with Crippen LogP contribution in [0.15, 0.2) is 35.7 Å². The molecule has 0 N–H and O–H groups in total. The Balaban J connectivity index is 2.03. The smallest absolute Gasteiger partial charge is 0.0897 e. The van der Waals surface area contributed by atoms with Crippen LogP contribution in [0.2, 0.25) is 0 Å². The van der Waals surface area contributed by atoms with Crippen molar-refractivity contribution in [2.75, 3.05) is 7.05 Å². The standard InChI is InChI=1S/C14H18N2S/c1-11(13-7-5-4-6-8-13)16(3)9-14-10-17-12(2)15-14/h4-8,10-11H,9H2,1-3H3. The molecule has 0 spiro atoms. The molecule has 0 aliphatic heterocycles. The molecule has 0 amide bonds. The summed E-state index contributed by atoms with van der Waals surface area (Å²) in [6.45, 7) is 5.18. The van der Waals surface area contributed by atoms with Crippen molar-refractivity contribution < 1.29 is 0 Å². The average Bonchev–Trinajstić information content (AvgIpc) is 2.75. The SMILES string of the molecule is Cc1nc(CN(C)C(C)c2ccccc2)cs1. The molecule has 2 aromatic rings. The molecule has 17 heavy (non-hydrogen) atoms. The van der Waals surface area contributed by atoms with Gasteiger partial charge in [0.2, 0.25) is 0 Å². The zero-order valence-electron chi connectivity index (χ0n) is 10.6. The quantitative estimate of drug-likeness (QED) is 0.818. The molecule has 90 valence electrons. The van der Waals surface area contributed by atoms with Gasteiger partial charge in [0.15, 0.2) is 0 Å². The average molecular weight is 246 g/mol. The highest BCUT2D eigenvalue weighted by molar-refractivity contribution is 7.09. The van der Waals surface area contributed by atoms with Crippen molar-refractivity contribution in [1.29, 1.82) is 0 Å². The van der Waals surface area contributed by atoms with Gasteiger partial charge in [-0.15, -0.1) is 11.3 Å². The highest BCUT2D eigenvalue weighted by Crippen LogP contribution is 2.20. The first-order valence-corrected chi connectivity index (χ1v) is 6.71. The molecule has 0 saturated carbocycles. The van der Waals surface area contributed by atoms with Crippen LogP contribution in [0.5, 0.6) is 0 Å². The summed E-state index contributed by atoms with van der Waals surface area (Å²) in [5, 5.41) is 3.28. The lowest BCUT2D eigenvalue weighted by Crippen LogP contribution is -2.22. The van der Waals surface area contributed by atoms with Crippen molar-refractivity contribution in [2.24, 2.45) is 0 Å². The van der Waals surface area contributed by atoms with Crippen LogP contribution in [-0.4, -0.2) is 16.9 Å². The van der Waals surface area contributed by atoms with Gasteiger partial charge in [-0.05, 0) is 26.5 Å². The minimum Gasteiger partial charge on any atom is -0.294 e. The summed E-state index contributed by atoms with van der Waals surface area (Å²) in [6, 6.07) is 11.0. The molecule has 1 unspecified atom stereocenters. The van der Waals surface area contributed by atoms with Gasteiger partial charge in [-0.25, -0.2) is 4.98 Å². The number of thiazole rings is 1. The van der Waals surface area contributed by atoms with Gasteiger partial charge in [0.1, 0.15) is 0 Å². The fourth-order valence-electron chi connectivity index (χ4n) is 1.86. The van der Waals surface area contributed by atoms with E-state index in [0.29, 0.717) is 6.04 Å². The van der Waals surface area contributed by atoms with Gasteiger partial charge in [0.05, 0.1) is 10.7 Å². The van der Waals surface area contributed by atoms with Gasteiger partial charge < -0.3 is 0 Å². The summed E-state index contributed by atoms with van der Waals surface area (Å²) in [7, 11) is 2.15. The number of hydrogen-bond acceptors (Lipinski definition) is 3. The second-order valence-electron chi connectivity index (χ2n) is 4.36. The van der Waals surface area contributed by atoms with E-state index in [1.54, 1.807) is 11.3 Å². The molecule has 0 saturated heterocycles. The summed E-state index contributed by atoms with van der Waals surface area (Å²) >= 11 is 1.72. The number of nitrogens with zero attached hydrogens (tertiary/aromatic N) is 2. The first-order valence-electron chi connectivity index (χ1n) is 5.83. The van der Waals surface area contributed by atoms with Gasteiger partial charge in [-0.2, -0.15) is 0 Å². The monoisotopic (exact) mass is 246 g/mol. The van der Waals surface area contributed by atoms with Crippen LogP contribution < -0.4 is 0 Å². The fraction of sp³-hybridized carbons (Fsp3) is 0.357. The van der Waals surface area contributed by atoms with Gasteiger partial charge in [-0.1, -0.05) is 30.3 Å². The molecule has 0 bridgehead atoms. The summed E-state index contributed by atoms with van der Waals surface area (Å²) in [5.41, 5.74) is 2.51. The van der Waals surface area contributed by atoms with E-state index < -0.39 is 0 Å². The van der Waals surface area contributed by atoms with Crippen LogP contribution >= 0.6 is 11.3 Å². The molecule has 0 aliphatic carbocycles. The Bertz CT molecular complexity index is 464. The van der Waals surface area contributed by atoms with Crippen molar-refractivity contribution in [3.05, 3.63) is 52.0 Å². The van der Waals surface area contributed by atoms with E-state index in [1.165, 1.54) is 5.56 Å². The lowest BCUT2D eigenvalue weighted by molar-refractivity contribution is 0.250. The Kier molecular flexibility index (Phi) is 3.92. The largest absolute Gasteiger partial charge is 0.294 e. The van der Waals surface area contributed by atoms with E-state index in [9.17, 15) is 0 Å². The second-order valence-corrected chi connectivity index (χ2v) is 5.42. The summed E-state index contributed by atoms with van der Waals surface area (Å²) in [6.07, 6.45) is 0. The fourth-order valence-corrected chi connectivity index (χ4v) is 2.46. The third kappa shape index (κ3) is 3.14. The second kappa shape index (κ2) is 5.43. The highest BCUT2D eigenvalue weighted by atomic mass is 32.1. The zero-order chi connectivity index (χ0) is 12.3.